The molecule has 1 aliphatic carbocycles. The van der Waals surface area contributed by atoms with Gasteiger partial charge in [0, 0.05) is 24.0 Å². The Balaban J connectivity index is 1.95. The Labute approximate surface area is 86.1 Å². The number of rotatable bonds is 3. The highest BCUT2D eigenvalue weighted by Crippen LogP contribution is 2.51. The molecule has 0 aromatic heterocycles. The Morgan fingerprint density at radius 2 is 2.29 bits per heavy atom. The fraction of sp³-hybridized carbons (Fsp3) is 1.00. The molecule has 0 aromatic rings. The molecule has 1 saturated heterocycles. The highest BCUT2D eigenvalue weighted by molar-refractivity contribution is 5.09. The summed E-state index contributed by atoms with van der Waals surface area (Å²) in [5, 5.41) is 0. The molecule has 3 nitrogen and oxygen atoms in total. The van der Waals surface area contributed by atoms with Crippen LogP contribution >= 0.6 is 0 Å². The van der Waals surface area contributed by atoms with Gasteiger partial charge < -0.3 is 9.57 Å². The van der Waals surface area contributed by atoms with Gasteiger partial charge in [0.15, 0.2) is 0 Å². The average Bonchev–Trinajstić information content (AvgIpc) is 2.18. The van der Waals surface area contributed by atoms with Crippen LogP contribution in [0.4, 0.5) is 0 Å². The summed E-state index contributed by atoms with van der Waals surface area (Å²) in [6.07, 6.45) is 2.91. The molecule has 0 spiro atoms. The van der Waals surface area contributed by atoms with E-state index in [0.717, 1.165) is 13.2 Å². The summed E-state index contributed by atoms with van der Waals surface area (Å²) in [4.78, 5) is 5.32. The van der Waals surface area contributed by atoms with Crippen molar-refractivity contribution in [3.05, 3.63) is 0 Å². The van der Waals surface area contributed by atoms with Crippen molar-refractivity contribution in [2.45, 2.75) is 45.8 Å². The summed E-state index contributed by atoms with van der Waals surface area (Å²) in [6.45, 7) is 8.19. The first-order valence-electron chi connectivity index (χ1n) is 5.67. The van der Waals surface area contributed by atoms with Crippen LogP contribution < -0.4 is 5.48 Å². The number of hydrogen-bond donors (Lipinski definition) is 1. The molecule has 1 saturated carbocycles. The van der Waals surface area contributed by atoms with Gasteiger partial charge in [0.1, 0.15) is 0 Å². The lowest BCUT2D eigenvalue weighted by molar-refractivity contribution is -0.220. The van der Waals surface area contributed by atoms with Gasteiger partial charge in [-0.3, -0.25) is 0 Å². The second kappa shape index (κ2) is 3.80. The first-order valence-corrected chi connectivity index (χ1v) is 5.67. The van der Waals surface area contributed by atoms with Crippen LogP contribution in [0.2, 0.25) is 0 Å². The minimum absolute atomic E-state index is 0.222. The maximum Gasteiger partial charge on any atom is 0.0685 e. The minimum Gasteiger partial charge on any atom is -0.377 e. The van der Waals surface area contributed by atoms with Gasteiger partial charge in [-0.2, -0.15) is 5.48 Å². The van der Waals surface area contributed by atoms with Crippen molar-refractivity contribution in [1.82, 2.24) is 5.48 Å². The van der Waals surface area contributed by atoms with Crippen LogP contribution in [-0.2, 0) is 9.57 Å². The van der Waals surface area contributed by atoms with Gasteiger partial charge >= 0.3 is 0 Å². The zero-order valence-electron chi connectivity index (χ0n) is 9.38. The largest absolute Gasteiger partial charge is 0.377 e. The standard InChI is InChI=1S/C11H21NO2/c1-4-14-12-9-8-6-5-7-13-10(8)11(9,2)3/h8-10,12H,4-7H2,1-3H3. The number of hydrogen-bond acceptors (Lipinski definition) is 3. The summed E-state index contributed by atoms with van der Waals surface area (Å²) in [6, 6.07) is 0.466. The van der Waals surface area contributed by atoms with Crippen LogP contribution in [-0.4, -0.2) is 25.4 Å². The number of fused-ring (bicyclic) bond motifs is 1. The van der Waals surface area contributed by atoms with E-state index in [1.807, 2.05) is 6.92 Å². The predicted molar refractivity (Wildman–Crippen MR) is 54.8 cm³/mol. The van der Waals surface area contributed by atoms with Gasteiger partial charge in [-0.05, 0) is 19.8 Å². The summed E-state index contributed by atoms with van der Waals surface area (Å²) in [5.41, 5.74) is 3.40. The molecule has 2 rings (SSSR count). The fourth-order valence-corrected chi connectivity index (χ4v) is 2.93. The number of hydroxylamine groups is 1. The molecule has 82 valence electrons. The smallest absolute Gasteiger partial charge is 0.0685 e. The first-order chi connectivity index (χ1) is 6.68. The van der Waals surface area contributed by atoms with Gasteiger partial charge in [-0.1, -0.05) is 13.8 Å². The van der Waals surface area contributed by atoms with E-state index in [4.69, 9.17) is 9.57 Å². The van der Waals surface area contributed by atoms with Crippen molar-refractivity contribution in [3.8, 4) is 0 Å². The van der Waals surface area contributed by atoms with Crippen molar-refractivity contribution in [2.24, 2.45) is 11.3 Å². The second-order valence-corrected chi connectivity index (χ2v) is 4.95. The summed E-state index contributed by atoms with van der Waals surface area (Å²) in [7, 11) is 0. The molecule has 2 fully saturated rings. The van der Waals surface area contributed by atoms with Crippen LogP contribution in [0.25, 0.3) is 0 Å². The lowest BCUT2D eigenvalue weighted by Crippen LogP contribution is -2.69. The van der Waals surface area contributed by atoms with E-state index < -0.39 is 0 Å². The second-order valence-electron chi connectivity index (χ2n) is 4.95. The molecule has 2 aliphatic rings. The van der Waals surface area contributed by atoms with E-state index in [2.05, 4.69) is 19.3 Å². The van der Waals surface area contributed by atoms with Crippen molar-refractivity contribution in [3.63, 3.8) is 0 Å². The van der Waals surface area contributed by atoms with Crippen molar-refractivity contribution in [2.75, 3.05) is 13.2 Å². The Bertz CT molecular complexity index is 205. The Kier molecular flexibility index (Phi) is 2.82. The third kappa shape index (κ3) is 1.47. The van der Waals surface area contributed by atoms with Crippen LogP contribution in [0.15, 0.2) is 0 Å². The van der Waals surface area contributed by atoms with Gasteiger partial charge in [0.25, 0.3) is 0 Å². The lowest BCUT2D eigenvalue weighted by Gasteiger charge is -2.59. The molecular weight excluding hydrogens is 178 g/mol. The molecule has 0 amide bonds. The first kappa shape index (κ1) is 10.4. The van der Waals surface area contributed by atoms with Crippen LogP contribution in [0.1, 0.15) is 33.6 Å². The lowest BCUT2D eigenvalue weighted by atomic mass is 9.55. The number of nitrogens with one attached hydrogen (secondary N) is 1. The third-order valence-electron chi connectivity index (χ3n) is 3.69. The Morgan fingerprint density at radius 3 is 3.00 bits per heavy atom. The van der Waals surface area contributed by atoms with Gasteiger partial charge in [-0.15, -0.1) is 0 Å². The van der Waals surface area contributed by atoms with Crippen LogP contribution in [0.3, 0.4) is 0 Å². The maximum absolute atomic E-state index is 5.81. The molecule has 3 heteroatoms. The van der Waals surface area contributed by atoms with Crippen LogP contribution in [0.5, 0.6) is 0 Å². The highest BCUT2D eigenvalue weighted by Gasteiger charge is 2.58. The summed E-state index contributed by atoms with van der Waals surface area (Å²) in [5.74, 6) is 0.658. The maximum atomic E-state index is 5.81. The summed E-state index contributed by atoms with van der Waals surface area (Å²) >= 11 is 0. The van der Waals surface area contributed by atoms with E-state index in [1.165, 1.54) is 12.8 Å². The van der Waals surface area contributed by atoms with Crippen molar-refractivity contribution in [1.29, 1.82) is 0 Å². The third-order valence-corrected chi connectivity index (χ3v) is 3.69. The zero-order valence-corrected chi connectivity index (χ0v) is 9.38. The molecule has 14 heavy (non-hydrogen) atoms. The molecule has 0 bridgehead atoms. The average molecular weight is 199 g/mol. The normalized spacial score (nSPS) is 40.1. The fourth-order valence-electron chi connectivity index (χ4n) is 2.93. The number of ether oxygens (including phenoxy) is 1. The molecule has 1 aliphatic heterocycles. The van der Waals surface area contributed by atoms with E-state index in [0.29, 0.717) is 18.1 Å². The minimum atomic E-state index is 0.222. The molecule has 0 aromatic carbocycles. The predicted octanol–water partition coefficient (Wildman–Crippen LogP) is 1.73. The van der Waals surface area contributed by atoms with Gasteiger partial charge in [0.05, 0.1) is 12.7 Å². The van der Waals surface area contributed by atoms with E-state index in [-0.39, 0.29) is 5.41 Å². The van der Waals surface area contributed by atoms with Crippen molar-refractivity contribution >= 4 is 0 Å². The zero-order chi connectivity index (χ0) is 10.2. The van der Waals surface area contributed by atoms with E-state index in [9.17, 15) is 0 Å². The van der Waals surface area contributed by atoms with E-state index in [1.54, 1.807) is 0 Å². The molecular formula is C11H21NO2. The topological polar surface area (TPSA) is 30.5 Å². The molecule has 3 atom stereocenters. The SMILES string of the molecule is CCONC1C2CCCOC2C1(C)C. The highest BCUT2D eigenvalue weighted by atomic mass is 16.6. The Hall–Kier alpha value is -0.120. The molecule has 1 N–H and O–H groups in total. The van der Waals surface area contributed by atoms with Crippen molar-refractivity contribution < 1.29 is 9.57 Å². The van der Waals surface area contributed by atoms with Gasteiger partial charge in [0.2, 0.25) is 0 Å². The molecule has 1 heterocycles. The summed E-state index contributed by atoms with van der Waals surface area (Å²) < 4.78 is 5.81. The molecule has 0 radical (unpaired) electrons. The monoisotopic (exact) mass is 199 g/mol. The molecule has 3 unspecified atom stereocenters. The van der Waals surface area contributed by atoms with E-state index >= 15 is 0 Å². The Morgan fingerprint density at radius 1 is 1.50 bits per heavy atom. The quantitative estimate of drug-likeness (QED) is 0.702. The van der Waals surface area contributed by atoms with Crippen LogP contribution in [0, 0.1) is 11.3 Å². The van der Waals surface area contributed by atoms with Gasteiger partial charge in [-0.25, -0.2) is 0 Å².